The van der Waals surface area contributed by atoms with E-state index in [0.29, 0.717) is 0 Å². The SMILES string of the molecule is CS(=O)(=O)Nc1cccc(N(Cc2cccc(OC(F)(F)C(F)F)c2)CC(O)C(F)(F)F)c1. The lowest BCUT2D eigenvalue weighted by Gasteiger charge is -2.29. The molecule has 1 unspecified atom stereocenters. The Hall–Kier alpha value is -2.74. The summed E-state index contributed by atoms with van der Waals surface area (Å²) >= 11 is 0. The first-order valence-corrected chi connectivity index (χ1v) is 11.0. The minimum Gasteiger partial charge on any atom is -0.428 e. The fourth-order valence-electron chi connectivity index (χ4n) is 2.68. The molecule has 0 aliphatic carbocycles. The first kappa shape index (κ1) is 26.5. The van der Waals surface area contributed by atoms with Crippen molar-refractivity contribution in [3.05, 3.63) is 54.1 Å². The molecule has 6 nitrogen and oxygen atoms in total. The molecule has 0 radical (unpaired) electrons. The minimum absolute atomic E-state index is 0.0233. The van der Waals surface area contributed by atoms with Crippen molar-refractivity contribution in [2.45, 2.75) is 31.4 Å². The second-order valence-corrected chi connectivity index (χ2v) is 8.72. The molecule has 0 spiro atoms. The number of hydrogen-bond donors (Lipinski definition) is 2. The number of hydrogen-bond acceptors (Lipinski definition) is 5. The second kappa shape index (κ2) is 10.0. The molecule has 0 fully saturated rings. The standard InChI is InChI=1S/C19H19F7N2O4S/c1-33(30,31)27-13-5-3-6-14(9-13)28(11-16(29)18(22,23)24)10-12-4-2-7-15(8-12)32-19(25,26)17(20)21/h2-9,16-17,27,29H,10-11H2,1H3. The van der Waals surface area contributed by atoms with Gasteiger partial charge < -0.3 is 14.7 Å². The van der Waals surface area contributed by atoms with Gasteiger partial charge >= 0.3 is 18.7 Å². The summed E-state index contributed by atoms with van der Waals surface area (Å²) in [6.07, 6.45) is -15.8. The summed E-state index contributed by atoms with van der Waals surface area (Å²) in [6, 6.07) is 9.61. The van der Waals surface area contributed by atoms with E-state index in [4.69, 9.17) is 0 Å². The molecule has 0 aliphatic heterocycles. The molecule has 0 aromatic heterocycles. The van der Waals surface area contributed by atoms with Crippen molar-refractivity contribution in [1.29, 1.82) is 0 Å². The number of rotatable bonds is 10. The zero-order chi connectivity index (χ0) is 25.0. The molecule has 2 N–H and O–H groups in total. The summed E-state index contributed by atoms with van der Waals surface area (Å²) < 4.78 is 119. The summed E-state index contributed by atoms with van der Waals surface area (Å²) in [5, 5.41) is 9.53. The minimum atomic E-state index is -4.98. The molecule has 0 aliphatic rings. The molecule has 2 aromatic rings. The number of ether oxygens (including phenoxy) is 1. The molecule has 0 saturated heterocycles. The van der Waals surface area contributed by atoms with Crippen molar-refractivity contribution in [3.63, 3.8) is 0 Å². The molecule has 14 heteroatoms. The van der Waals surface area contributed by atoms with Gasteiger partial charge in [0.05, 0.1) is 18.5 Å². The normalized spacial score (nSPS) is 13.6. The topological polar surface area (TPSA) is 78.9 Å². The van der Waals surface area contributed by atoms with Crippen molar-refractivity contribution in [1.82, 2.24) is 0 Å². The number of aliphatic hydroxyl groups excluding tert-OH is 1. The van der Waals surface area contributed by atoms with Crippen LogP contribution in [-0.2, 0) is 16.6 Å². The lowest BCUT2D eigenvalue weighted by molar-refractivity contribution is -0.253. The van der Waals surface area contributed by atoms with Crippen molar-refractivity contribution < 1.29 is 49.0 Å². The highest BCUT2D eigenvalue weighted by atomic mass is 32.2. The number of alkyl halides is 7. The molecular formula is C19H19F7N2O4S. The van der Waals surface area contributed by atoms with E-state index in [2.05, 4.69) is 9.46 Å². The number of aliphatic hydroxyl groups is 1. The van der Waals surface area contributed by atoms with E-state index < -0.39 is 53.7 Å². The molecule has 2 rings (SSSR count). The molecule has 0 saturated carbocycles. The van der Waals surface area contributed by atoms with Crippen LogP contribution in [0.1, 0.15) is 5.56 Å². The molecular weight excluding hydrogens is 485 g/mol. The number of sulfonamides is 1. The van der Waals surface area contributed by atoms with Crippen molar-refractivity contribution >= 4 is 21.4 Å². The Labute approximate surface area is 184 Å². The summed E-state index contributed by atoms with van der Waals surface area (Å²) in [5.41, 5.74) is 0.166. The van der Waals surface area contributed by atoms with Crippen LogP contribution in [0.25, 0.3) is 0 Å². The third-order valence-corrected chi connectivity index (χ3v) is 4.67. The fourth-order valence-corrected chi connectivity index (χ4v) is 3.24. The fraction of sp³-hybridized carbons (Fsp3) is 0.368. The van der Waals surface area contributed by atoms with Gasteiger partial charge in [0, 0.05) is 12.2 Å². The highest BCUT2D eigenvalue weighted by molar-refractivity contribution is 7.92. The van der Waals surface area contributed by atoms with Gasteiger partial charge in [0.25, 0.3) is 0 Å². The van der Waals surface area contributed by atoms with Crippen LogP contribution in [0.4, 0.5) is 42.1 Å². The van der Waals surface area contributed by atoms with Crippen LogP contribution < -0.4 is 14.4 Å². The van der Waals surface area contributed by atoms with Crippen molar-refractivity contribution in [3.8, 4) is 5.75 Å². The van der Waals surface area contributed by atoms with Gasteiger partial charge in [-0.1, -0.05) is 18.2 Å². The Morgan fingerprint density at radius 3 is 2.27 bits per heavy atom. The lowest BCUT2D eigenvalue weighted by Crippen LogP contribution is -2.41. The highest BCUT2D eigenvalue weighted by Gasteiger charge is 2.44. The number of anilines is 2. The lowest BCUT2D eigenvalue weighted by atomic mass is 10.1. The predicted molar refractivity (Wildman–Crippen MR) is 106 cm³/mol. The van der Waals surface area contributed by atoms with E-state index in [1.807, 2.05) is 0 Å². The Morgan fingerprint density at radius 2 is 1.70 bits per heavy atom. The number of halogens is 7. The third-order valence-electron chi connectivity index (χ3n) is 4.07. The molecule has 1 atom stereocenters. The maximum atomic E-state index is 13.2. The van der Waals surface area contributed by atoms with E-state index >= 15 is 0 Å². The maximum absolute atomic E-state index is 13.2. The van der Waals surface area contributed by atoms with Gasteiger partial charge in [0.2, 0.25) is 10.0 Å². The van der Waals surface area contributed by atoms with Crippen LogP contribution in [0.3, 0.4) is 0 Å². The van der Waals surface area contributed by atoms with Crippen LogP contribution in [0.5, 0.6) is 5.75 Å². The van der Waals surface area contributed by atoms with Gasteiger partial charge in [-0.2, -0.15) is 30.7 Å². The number of benzene rings is 2. The first-order chi connectivity index (χ1) is 15.1. The van der Waals surface area contributed by atoms with E-state index in [9.17, 15) is 44.3 Å². The highest BCUT2D eigenvalue weighted by Crippen LogP contribution is 2.30. The van der Waals surface area contributed by atoms with E-state index in [1.54, 1.807) is 0 Å². The van der Waals surface area contributed by atoms with E-state index in [-0.39, 0.29) is 16.9 Å². The van der Waals surface area contributed by atoms with Crippen LogP contribution >= 0.6 is 0 Å². The third kappa shape index (κ3) is 8.28. The van der Waals surface area contributed by atoms with Gasteiger partial charge in [-0.15, -0.1) is 0 Å². The molecule has 0 amide bonds. The smallest absolute Gasteiger partial charge is 0.428 e. The van der Waals surface area contributed by atoms with Crippen LogP contribution in [0.15, 0.2) is 48.5 Å². The monoisotopic (exact) mass is 504 g/mol. The Balaban J connectivity index is 2.36. The van der Waals surface area contributed by atoms with Gasteiger partial charge in [0.15, 0.2) is 6.10 Å². The summed E-state index contributed by atoms with van der Waals surface area (Å²) in [6.45, 7) is -1.39. The van der Waals surface area contributed by atoms with Crippen LogP contribution in [0.2, 0.25) is 0 Å². The quantitative estimate of drug-likeness (QED) is 0.474. The van der Waals surface area contributed by atoms with Gasteiger partial charge in [-0.05, 0) is 35.9 Å². The average molecular weight is 504 g/mol. The van der Waals surface area contributed by atoms with Gasteiger partial charge in [0.1, 0.15) is 5.75 Å². The molecule has 2 aromatic carbocycles. The molecule has 0 heterocycles. The summed E-state index contributed by atoms with van der Waals surface area (Å²) in [4.78, 5) is 1.01. The Morgan fingerprint density at radius 1 is 1.06 bits per heavy atom. The summed E-state index contributed by atoms with van der Waals surface area (Å²) in [5.74, 6) is -0.651. The first-order valence-electron chi connectivity index (χ1n) is 9.08. The Bertz CT molecular complexity index is 1050. The van der Waals surface area contributed by atoms with Crippen molar-refractivity contribution in [2.24, 2.45) is 0 Å². The predicted octanol–water partition coefficient (Wildman–Crippen LogP) is 4.22. The zero-order valence-corrected chi connectivity index (χ0v) is 17.7. The molecule has 33 heavy (non-hydrogen) atoms. The molecule has 0 bridgehead atoms. The largest absolute Gasteiger partial charge is 0.461 e. The van der Waals surface area contributed by atoms with Crippen LogP contribution in [0, 0.1) is 0 Å². The Kier molecular flexibility index (Phi) is 8.06. The van der Waals surface area contributed by atoms with Gasteiger partial charge in [-0.25, -0.2) is 8.42 Å². The average Bonchev–Trinajstić information content (AvgIpc) is 2.65. The number of nitrogens with zero attached hydrogens (tertiary/aromatic N) is 1. The molecule has 184 valence electrons. The second-order valence-electron chi connectivity index (χ2n) is 6.97. The van der Waals surface area contributed by atoms with E-state index in [0.717, 1.165) is 23.3 Å². The van der Waals surface area contributed by atoms with E-state index in [1.165, 1.54) is 36.4 Å². The number of nitrogens with one attached hydrogen (secondary N) is 1. The zero-order valence-electron chi connectivity index (χ0n) is 16.9. The maximum Gasteiger partial charge on any atom is 0.461 e. The van der Waals surface area contributed by atoms with Gasteiger partial charge in [-0.3, -0.25) is 4.72 Å². The van der Waals surface area contributed by atoms with Crippen molar-refractivity contribution in [2.75, 3.05) is 22.4 Å². The summed E-state index contributed by atoms with van der Waals surface area (Å²) in [7, 11) is -3.70. The van der Waals surface area contributed by atoms with Crippen LogP contribution in [-0.4, -0.2) is 51.1 Å².